The largest absolute Gasteiger partial charge is 0.295 e. The molecule has 3 rings (SSSR count). The van der Waals surface area contributed by atoms with Crippen LogP contribution in [0.15, 0.2) is 35.1 Å². The normalized spacial score (nSPS) is 12.8. The standard InChI is InChI=1S/C15H12BrClFN3/c1-8-5-10(16)11(18)6-14(8)21-13-3-4-19-7-12(13)20-15(21)9(2)17/h3-7,9H,1-2H3. The molecule has 0 saturated heterocycles. The Kier molecular flexibility index (Phi) is 3.71. The Hall–Kier alpha value is -1.46. The maximum atomic E-state index is 14.0. The van der Waals surface area contributed by atoms with Gasteiger partial charge in [0.15, 0.2) is 0 Å². The van der Waals surface area contributed by atoms with Crippen LogP contribution in [0.2, 0.25) is 0 Å². The lowest BCUT2D eigenvalue weighted by Crippen LogP contribution is -2.04. The molecular weight excluding hydrogens is 357 g/mol. The second-order valence-electron chi connectivity index (χ2n) is 4.84. The Balaban J connectivity index is 2.38. The van der Waals surface area contributed by atoms with Crippen molar-refractivity contribution in [2.45, 2.75) is 19.2 Å². The highest BCUT2D eigenvalue weighted by Crippen LogP contribution is 2.31. The van der Waals surface area contributed by atoms with Gasteiger partial charge in [0, 0.05) is 6.20 Å². The van der Waals surface area contributed by atoms with E-state index in [1.165, 1.54) is 6.07 Å². The number of hydrogen-bond acceptors (Lipinski definition) is 2. The van der Waals surface area contributed by atoms with Crippen LogP contribution in [0.3, 0.4) is 0 Å². The number of nitrogens with zero attached hydrogens (tertiary/aromatic N) is 3. The summed E-state index contributed by atoms with van der Waals surface area (Å²) in [6.07, 6.45) is 3.37. The second-order valence-corrected chi connectivity index (χ2v) is 6.35. The van der Waals surface area contributed by atoms with E-state index < -0.39 is 0 Å². The molecule has 0 aliphatic rings. The summed E-state index contributed by atoms with van der Waals surface area (Å²) in [6, 6.07) is 5.09. The van der Waals surface area contributed by atoms with Crippen molar-refractivity contribution in [1.29, 1.82) is 0 Å². The third kappa shape index (κ3) is 2.45. The Labute approximate surface area is 134 Å². The lowest BCUT2D eigenvalue weighted by molar-refractivity contribution is 0.619. The number of rotatable bonds is 2. The molecular formula is C15H12BrClFN3. The van der Waals surface area contributed by atoms with E-state index in [1.807, 2.05) is 24.5 Å². The number of fused-ring (bicyclic) bond motifs is 1. The summed E-state index contributed by atoms with van der Waals surface area (Å²) < 4.78 is 16.3. The van der Waals surface area contributed by atoms with Gasteiger partial charge >= 0.3 is 0 Å². The first kappa shape index (κ1) is 14.5. The first-order chi connectivity index (χ1) is 9.99. The number of benzene rings is 1. The van der Waals surface area contributed by atoms with Gasteiger partial charge in [-0.2, -0.15) is 0 Å². The highest BCUT2D eigenvalue weighted by atomic mass is 79.9. The van der Waals surface area contributed by atoms with E-state index in [9.17, 15) is 4.39 Å². The third-order valence-corrected chi connectivity index (χ3v) is 4.12. The molecule has 1 aromatic carbocycles. The summed E-state index contributed by atoms with van der Waals surface area (Å²) in [4.78, 5) is 8.59. The number of alkyl halides is 1. The van der Waals surface area contributed by atoms with Gasteiger partial charge in [0.1, 0.15) is 17.2 Å². The van der Waals surface area contributed by atoms with E-state index in [1.54, 1.807) is 18.5 Å². The van der Waals surface area contributed by atoms with Gasteiger partial charge in [-0.05, 0) is 53.5 Å². The van der Waals surface area contributed by atoms with E-state index >= 15 is 0 Å². The number of pyridine rings is 1. The lowest BCUT2D eigenvalue weighted by Gasteiger charge is -2.14. The van der Waals surface area contributed by atoms with Crippen molar-refractivity contribution in [3.8, 4) is 5.69 Å². The molecule has 2 heterocycles. The second kappa shape index (κ2) is 5.39. The molecule has 0 aliphatic heterocycles. The monoisotopic (exact) mass is 367 g/mol. The fourth-order valence-corrected chi connectivity index (χ4v) is 2.95. The average Bonchev–Trinajstić information content (AvgIpc) is 2.82. The van der Waals surface area contributed by atoms with Crippen molar-refractivity contribution in [2.24, 2.45) is 0 Å². The molecule has 2 aromatic heterocycles. The third-order valence-electron chi connectivity index (χ3n) is 3.32. The van der Waals surface area contributed by atoms with Crippen molar-refractivity contribution < 1.29 is 4.39 Å². The zero-order chi connectivity index (χ0) is 15.1. The van der Waals surface area contributed by atoms with Crippen molar-refractivity contribution >= 4 is 38.6 Å². The molecule has 1 atom stereocenters. The van der Waals surface area contributed by atoms with Crippen molar-refractivity contribution in [2.75, 3.05) is 0 Å². The number of hydrogen-bond donors (Lipinski definition) is 0. The molecule has 0 fully saturated rings. The lowest BCUT2D eigenvalue weighted by atomic mass is 10.2. The molecule has 1 unspecified atom stereocenters. The average molecular weight is 369 g/mol. The molecule has 0 N–H and O–H groups in total. The van der Waals surface area contributed by atoms with Crippen molar-refractivity contribution in [3.05, 3.63) is 52.3 Å². The van der Waals surface area contributed by atoms with Gasteiger partial charge in [-0.3, -0.25) is 9.55 Å². The van der Waals surface area contributed by atoms with Gasteiger partial charge in [-0.15, -0.1) is 11.6 Å². The van der Waals surface area contributed by atoms with Gasteiger partial charge in [0.25, 0.3) is 0 Å². The topological polar surface area (TPSA) is 30.7 Å². The van der Waals surface area contributed by atoms with Crippen LogP contribution in [-0.4, -0.2) is 14.5 Å². The van der Waals surface area contributed by atoms with E-state index in [0.29, 0.717) is 10.3 Å². The predicted octanol–water partition coefficient (Wildman–Crippen LogP) is 4.93. The summed E-state index contributed by atoms with van der Waals surface area (Å²) in [7, 11) is 0. The first-order valence-corrected chi connectivity index (χ1v) is 7.64. The predicted molar refractivity (Wildman–Crippen MR) is 85.5 cm³/mol. The molecule has 0 bridgehead atoms. The molecule has 6 heteroatoms. The minimum atomic E-state index is -0.320. The molecule has 0 amide bonds. The summed E-state index contributed by atoms with van der Waals surface area (Å²) in [5.41, 5.74) is 3.25. The van der Waals surface area contributed by atoms with Gasteiger partial charge in [0.2, 0.25) is 0 Å². The van der Waals surface area contributed by atoms with Crippen LogP contribution >= 0.6 is 27.5 Å². The SMILES string of the molecule is Cc1cc(Br)c(F)cc1-n1c(C(C)Cl)nc2cnccc21. The Morgan fingerprint density at radius 3 is 2.86 bits per heavy atom. The fraction of sp³-hybridized carbons (Fsp3) is 0.200. The maximum Gasteiger partial charge on any atom is 0.139 e. The number of halogens is 3. The summed E-state index contributed by atoms with van der Waals surface area (Å²) in [5.74, 6) is 0.351. The number of aromatic nitrogens is 3. The van der Waals surface area contributed by atoms with Crippen LogP contribution in [0.1, 0.15) is 23.7 Å². The van der Waals surface area contributed by atoms with Crippen molar-refractivity contribution in [3.63, 3.8) is 0 Å². The molecule has 3 nitrogen and oxygen atoms in total. The Morgan fingerprint density at radius 2 is 2.14 bits per heavy atom. The highest BCUT2D eigenvalue weighted by Gasteiger charge is 2.18. The minimum absolute atomic E-state index is 0.302. The molecule has 21 heavy (non-hydrogen) atoms. The van der Waals surface area contributed by atoms with E-state index in [-0.39, 0.29) is 11.2 Å². The zero-order valence-electron chi connectivity index (χ0n) is 11.4. The summed E-state index contributed by atoms with van der Waals surface area (Å²) in [6.45, 7) is 3.77. The smallest absolute Gasteiger partial charge is 0.139 e. The fourth-order valence-electron chi connectivity index (χ4n) is 2.35. The number of aryl methyl sites for hydroxylation is 1. The molecule has 0 saturated carbocycles. The van der Waals surface area contributed by atoms with Gasteiger partial charge in [0.05, 0.1) is 27.3 Å². The zero-order valence-corrected chi connectivity index (χ0v) is 13.8. The maximum absolute atomic E-state index is 14.0. The first-order valence-electron chi connectivity index (χ1n) is 6.41. The molecule has 3 aromatic rings. The van der Waals surface area contributed by atoms with E-state index in [0.717, 1.165) is 22.3 Å². The van der Waals surface area contributed by atoms with Crippen LogP contribution in [0, 0.1) is 12.7 Å². The Bertz CT molecular complexity index is 829. The van der Waals surface area contributed by atoms with Crippen LogP contribution in [0.25, 0.3) is 16.7 Å². The summed E-state index contributed by atoms with van der Waals surface area (Å²) >= 11 is 9.45. The van der Waals surface area contributed by atoms with Crippen LogP contribution in [0.4, 0.5) is 4.39 Å². The molecule has 108 valence electrons. The Morgan fingerprint density at radius 1 is 1.38 bits per heavy atom. The van der Waals surface area contributed by atoms with Crippen LogP contribution < -0.4 is 0 Å². The van der Waals surface area contributed by atoms with Gasteiger partial charge < -0.3 is 0 Å². The minimum Gasteiger partial charge on any atom is -0.295 e. The van der Waals surface area contributed by atoms with Crippen molar-refractivity contribution in [1.82, 2.24) is 14.5 Å². The van der Waals surface area contributed by atoms with E-state index in [4.69, 9.17) is 11.6 Å². The molecule has 0 aliphatic carbocycles. The molecule has 0 radical (unpaired) electrons. The number of imidazole rings is 1. The summed E-state index contributed by atoms with van der Waals surface area (Å²) in [5, 5.41) is -0.302. The van der Waals surface area contributed by atoms with Crippen LogP contribution in [0.5, 0.6) is 0 Å². The van der Waals surface area contributed by atoms with E-state index in [2.05, 4.69) is 25.9 Å². The quantitative estimate of drug-likeness (QED) is 0.600. The van der Waals surface area contributed by atoms with Crippen LogP contribution in [-0.2, 0) is 0 Å². The molecule has 0 spiro atoms. The highest BCUT2D eigenvalue weighted by molar-refractivity contribution is 9.10. The van der Waals surface area contributed by atoms with Gasteiger partial charge in [-0.25, -0.2) is 9.37 Å². The van der Waals surface area contributed by atoms with Gasteiger partial charge in [-0.1, -0.05) is 0 Å².